The van der Waals surface area contributed by atoms with Crippen LogP contribution in [-0.4, -0.2) is 37.1 Å². The highest BCUT2D eigenvalue weighted by Crippen LogP contribution is 2.17. The summed E-state index contributed by atoms with van der Waals surface area (Å²) in [4.78, 5) is 15.0. The van der Waals surface area contributed by atoms with E-state index in [1.165, 1.54) is 11.1 Å². The van der Waals surface area contributed by atoms with Crippen LogP contribution in [-0.2, 0) is 17.7 Å². The van der Waals surface area contributed by atoms with Gasteiger partial charge in [0.15, 0.2) is 0 Å². The minimum Gasteiger partial charge on any atom is -0.379 e. The fraction of sp³-hybridized carbons (Fsp3) is 0.458. The number of nitrogens with one attached hydrogen (secondary N) is 1. The molecule has 1 atom stereocenters. The van der Waals surface area contributed by atoms with E-state index < -0.39 is 0 Å². The van der Waals surface area contributed by atoms with Crippen molar-refractivity contribution < 1.29 is 9.53 Å². The number of rotatable bonds is 7. The van der Waals surface area contributed by atoms with Gasteiger partial charge in [-0.2, -0.15) is 0 Å². The number of amides is 1. The number of morpholine rings is 1. The molecule has 0 bridgehead atoms. The number of carbonyl (C=O) groups excluding carboxylic acids is 1. The molecule has 0 unspecified atom stereocenters. The van der Waals surface area contributed by atoms with Gasteiger partial charge in [-0.1, -0.05) is 50.2 Å². The molecule has 1 aliphatic heterocycles. The lowest BCUT2D eigenvalue weighted by Crippen LogP contribution is -2.35. The zero-order chi connectivity index (χ0) is 19.9. The molecule has 3 rings (SSSR count). The molecule has 4 nitrogen and oxygen atoms in total. The van der Waals surface area contributed by atoms with Gasteiger partial charge in [0.2, 0.25) is 0 Å². The van der Waals surface area contributed by atoms with Gasteiger partial charge < -0.3 is 10.1 Å². The fourth-order valence-electron chi connectivity index (χ4n) is 3.56. The van der Waals surface area contributed by atoms with Crippen molar-refractivity contribution in [3.05, 3.63) is 70.8 Å². The van der Waals surface area contributed by atoms with E-state index in [2.05, 4.69) is 60.5 Å². The van der Waals surface area contributed by atoms with E-state index in [-0.39, 0.29) is 11.9 Å². The molecule has 2 aromatic carbocycles. The molecule has 1 N–H and O–H groups in total. The molecule has 1 amide bonds. The van der Waals surface area contributed by atoms with Crippen LogP contribution in [0.4, 0.5) is 0 Å². The van der Waals surface area contributed by atoms with Crippen LogP contribution >= 0.6 is 0 Å². The number of hydrogen-bond acceptors (Lipinski definition) is 3. The quantitative estimate of drug-likeness (QED) is 0.782. The maximum Gasteiger partial charge on any atom is 0.251 e. The second kappa shape index (κ2) is 9.85. The normalized spacial score (nSPS) is 16.1. The Morgan fingerprint density at radius 2 is 1.57 bits per heavy atom. The number of carbonyl (C=O) groups is 1. The molecule has 0 saturated carbocycles. The minimum atomic E-state index is -0.0309. The summed E-state index contributed by atoms with van der Waals surface area (Å²) >= 11 is 0. The third kappa shape index (κ3) is 5.91. The van der Waals surface area contributed by atoms with Crippen LogP contribution in [0.1, 0.15) is 53.9 Å². The third-order valence-corrected chi connectivity index (χ3v) is 5.20. The topological polar surface area (TPSA) is 41.6 Å². The Morgan fingerprint density at radius 1 is 0.964 bits per heavy atom. The van der Waals surface area contributed by atoms with E-state index in [4.69, 9.17) is 4.74 Å². The largest absolute Gasteiger partial charge is 0.379 e. The molecular formula is C24H32N2O2. The molecule has 0 aromatic heterocycles. The highest BCUT2D eigenvalue weighted by Gasteiger charge is 2.13. The highest BCUT2D eigenvalue weighted by atomic mass is 16.5. The first-order valence-corrected chi connectivity index (χ1v) is 10.3. The Bertz CT molecular complexity index is 747. The molecule has 150 valence electrons. The molecule has 28 heavy (non-hydrogen) atoms. The summed E-state index contributed by atoms with van der Waals surface area (Å²) in [5.41, 5.74) is 4.40. The van der Waals surface area contributed by atoms with Crippen LogP contribution < -0.4 is 5.32 Å². The fourth-order valence-corrected chi connectivity index (χ4v) is 3.56. The zero-order valence-electron chi connectivity index (χ0n) is 17.3. The maximum absolute atomic E-state index is 12.6. The van der Waals surface area contributed by atoms with Crippen molar-refractivity contribution in [1.82, 2.24) is 10.2 Å². The number of hydrogen-bond donors (Lipinski definition) is 1. The monoisotopic (exact) mass is 380 g/mol. The second-order valence-corrected chi connectivity index (χ2v) is 8.12. The highest BCUT2D eigenvalue weighted by molar-refractivity contribution is 5.94. The lowest BCUT2D eigenvalue weighted by Gasteiger charge is -2.26. The van der Waals surface area contributed by atoms with Gasteiger partial charge in [-0.25, -0.2) is 0 Å². The summed E-state index contributed by atoms with van der Waals surface area (Å²) in [6.07, 6.45) is 1.08. The first-order valence-electron chi connectivity index (χ1n) is 10.3. The van der Waals surface area contributed by atoms with E-state index in [0.29, 0.717) is 11.5 Å². The lowest BCUT2D eigenvalue weighted by atomic mass is 10.00. The number of benzene rings is 2. The van der Waals surface area contributed by atoms with Gasteiger partial charge in [-0.15, -0.1) is 0 Å². The smallest absolute Gasteiger partial charge is 0.251 e. The van der Waals surface area contributed by atoms with Crippen molar-refractivity contribution in [2.45, 2.75) is 39.8 Å². The summed E-state index contributed by atoms with van der Waals surface area (Å²) in [6.45, 7) is 10.9. The van der Waals surface area contributed by atoms with Crippen LogP contribution in [0.15, 0.2) is 48.5 Å². The molecular weight excluding hydrogens is 348 g/mol. The average molecular weight is 381 g/mol. The molecule has 1 fully saturated rings. The summed E-state index contributed by atoms with van der Waals surface area (Å²) in [6, 6.07) is 16.5. The third-order valence-electron chi connectivity index (χ3n) is 5.20. The van der Waals surface area contributed by atoms with E-state index in [1.807, 2.05) is 19.1 Å². The molecule has 0 spiro atoms. The number of ether oxygens (including phenoxy) is 1. The van der Waals surface area contributed by atoms with Crippen molar-refractivity contribution in [2.24, 2.45) is 5.92 Å². The Balaban J connectivity index is 1.54. The van der Waals surface area contributed by atoms with E-state index in [1.54, 1.807) is 0 Å². The van der Waals surface area contributed by atoms with Crippen molar-refractivity contribution in [3.63, 3.8) is 0 Å². The van der Waals surface area contributed by atoms with E-state index >= 15 is 0 Å². The average Bonchev–Trinajstić information content (AvgIpc) is 2.69. The maximum atomic E-state index is 12.6. The predicted octanol–water partition coefficient (Wildman–Crippen LogP) is 4.21. The van der Waals surface area contributed by atoms with Crippen LogP contribution in [0.25, 0.3) is 0 Å². The summed E-state index contributed by atoms with van der Waals surface area (Å²) in [7, 11) is 0. The van der Waals surface area contributed by atoms with Crippen molar-refractivity contribution >= 4 is 5.91 Å². The van der Waals surface area contributed by atoms with Crippen LogP contribution in [0.2, 0.25) is 0 Å². The Labute approximate surface area is 168 Å². The molecule has 0 aliphatic carbocycles. The van der Waals surface area contributed by atoms with E-state index in [0.717, 1.165) is 44.8 Å². The van der Waals surface area contributed by atoms with E-state index in [9.17, 15) is 4.79 Å². The molecule has 4 heteroatoms. The van der Waals surface area contributed by atoms with Crippen molar-refractivity contribution in [1.29, 1.82) is 0 Å². The zero-order valence-corrected chi connectivity index (χ0v) is 17.3. The van der Waals surface area contributed by atoms with Crippen molar-refractivity contribution in [3.8, 4) is 0 Å². The molecule has 2 aromatic rings. The van der Waals surface area contributed by atoms with Gasteiger partial charge in [0.25, 0.3) is 5.91 Å². The molecule has 1 aliphatic rings. The Hall–Kier alpha value is -2.17. The summed E-state index contributed by atoms with van der Waals surface area (Å²) in [5.74, 6) is 0.617. The minimum absolute atomic E-state index is 0.0198. The molecule has 1 saturated heterocycles. The molecule has 1 heterocycles. The first-order chi connectivity index (χ1) is 13.5. The van der Waals surface area contributed by atoms with Crippen LogP contribution in [0.3, 0.4) is 0 Å². The van der Waals surface area contributed by atoms with Gasteiger partial charge in [0, 0.05) is 25.2 Å². The van der Waals surface area contributed by atoms with Gasteiger partial charge in [0.05, 0.1) is 19.3 Å². The predicted molar refractivity (Wildman–Crippen MR) is 113 cm³/mol. The number of nitrogens with zero attached hydrogens (tertiary/aromatic N) is 1. The standard InChI is InChI=1S/C24H32N2O2/c1-18(2)16-20-4-8-22(9-5-20)19(3)25-24(27)23-10-6-21(7-11-23)17-26-12-14-28-15-13-26/h4-11,18-19H,12-17H2,1-3H3,(H,25,27)/t19-/m0/s1. The van der Waals surface area contributed by atoms with Gasteiger partial charge in [0.1, 0.15) is 0 Å². The van der Waals surface area contributed by atoms with Gasteiger partial charge >= 0.3 is 0 Å². The first kappa shape index (κ1) is 20.6. The SMILES string of the molecule is CC(C)Cc1ccc([C@H](C)NC(=O)c2ccc(CN3CCOCC3)cc2)cc1. The summed E-state index contributed by atoms with van der Waals surface area (Å²) < 4.78 is 5.39. The molecule has 0 radical (unpaired) electrons. The second-order valence-electron chi connectivity index (χ2n) is 8.12. The lowest BCUT2D eigenvalue weighted by molar-refractivity contribution is 0.0342. The summed E-state index contributed by atoms with van der Waals surface area (Å²) in [5, 5.41) is 3.11. The van der Waals surface area contributed by atoms with Crippen LogP contribution in [0.5, 0.6) is 0 Å². The van der Waals surface area contributed by atoms with Crippen molar-refractivity contribution in [2.75, 3.05) is 26.3 Å². The Morgan fingerprint density at radius 3 is 2.18 bits per heavy atom. The van der Waals surface area contributed by atoms with Crippen LogP contribution in [0, 0.1) is 5.92 Å². The van der Waals surface area contributed by atoms with Gasteiger partial charge in [-0.05, 0) is 48.1 Å². The Kier molecular flexibility index (Phi) is 7.24. The van der Waals surface area contributed by atoms with Gasteiger partial charge in [-0.3, -0.25) is 9.69 Å².